The van der Waals surface area contributed by atoms with Crippen molar-refractivity contribution in [2.24, 2.45) is 4.99 Å². The fraction of sp³-hybridized carbons (Fsp3) is 0.250. The van der Waals surface area contributed by atoms with Crippen molar-refractivity contribution in [1.29, 1.82) is 0 Å². The first-order chi connectivity index (χ1) is 11.4. The molecule has 2 heterocycles. The van der Waals surface area contributed by atoms with Gasteiger partial charge in [0.25, 0.3) is 0 Å². The first-order valence-corrected chi connectivity index (χ1v) is 9.14. The predicted molar refractivity (Wildman–Crippen MR) is 101 cm³/mol. The van der Waals surface area contributed by atoms with E-state index in [4.69, 9.17) is 4.99 Å². The molecule has 0 amide bonds. The molecule has 4 rings (SSSR count). The van der Waals surface area contributed by atoms with Gasteiger partial charge in [-0.3, -0.25) is 0 Å². The summed E-state index contributed by atoms with van der Waals surface area (Å²) < 4.78 is 0. The second-order valence-electron chi connectivity index (χ2n) is 5.89. The zero-order valence-corrected chi connectivity index (χ0v) is 14.1. The maximum atomic E-state index is 4.85. The van der Waals surface area contributed by atoms with Crippen LogP contribution in [0.2, 0.25) is 0 Å². The monoisotopic (exact) mass is 320 g/mol. The van der Waals surface area contributed by atoms with Gasteiger partial charge in [0.05, 0.1) is 11.1 Å². The average Bonchev–Trinajstić information content (AvgIpc) is 3.11. The zero-order chi connectivity index (χ0) is 15.6. The Morgan fingerprint density at radius 3 is 2.65 bits per heavy atom. The molecule has 3 heteroatoms. The lowest BCUT2D eigenvalue weighted by Crippen LogP contribution is -2.26. The Labute approximate surface area is 141 Å². The Morgan fingerprint density at radius 2 is 1.83 bits per heavy atom. The number of hydrogen-bond donors (Lipinski definition) is 1. The second kappa shape index (κ2) is 6.34. The maximum Gasteiger partial charge on any atom is 0.107 e. The lowest BCUT2D eigenvalue weighted by atomic mass is 9.95. The first kappa shape index (κ1) is 14.7. The van der Waals surface area contributed by atoms with Crippen LogP contribution >= 0.6 is 11.8 Å². The van der Waals surface area contributed by atoms with Gasteiger partial charge in [-0.2, -0.15) is 0 Å². The van der Waals surface area contributed by atoms with Gasteiger partial charge in [0.1, 0.15) is 5.04 Å². The fourth-order valence-corrected chi connectivity index (χ4v) is 4.46. The van der Waals surface area contributed by atoms with Crippen LogP contribution in [0.25, 0.3) is 11.1 Å². The van der Waals surface area contributed by atoms with Gasteiger partial charge in [-0.15, -0.1) is 0 Å². The first-order valence-electron chi connectivity index (χ1n) is 8.26. The van der Waals surface area contributed by atoms with Crippen LogP contribution in [0, 0.1) is 0 Å². The van der Waals surface area contributed by atoms with Crippen molar-refractivity contribution >= 4 is 33.6 Å². The van der Waals surface area contributed by atoms with Gasteiger partial charge in [-0.25, -0.2) is 4.99 Å². The molecule has 2 aromatic rings. The van der Waals surface area contributed by atoms with Crippen molar-refractivity contribution in [3.63, 3.8) is 0 Å². The summed E-state index contributed by atoms with van der Waals surface area (Å²) in [4.78, 5) is 4.85. The van der Waals surface area contributed by atoms with E-state index >= 15 is 0 Å². The minimum Gasteiger partial charge on any atom is -0.301 e. The topological polar surface area (TPSA) is 24.4 Å². The summed E-state index contributed by atoms with van der Waals surface area (Å²) in [5.41, 5.74) is 6.38. The molecule has 0 spiro atoms. The highest BCUT2D eigenvalue weighted by Gasteiger charge is 2.36. The molecule has 2 aromatic carbocycles. The Balaban J connectivity index is 1.79. The molecule has 0 aliphatic carbocycles. The number of para-hydroxylation sites is 1. The molecule has 116 valence electrons. The molecule has 0 bridgehead atoms. The molecule has 0 aromatic heterocycles. The van der Waals surface area contributed by atoms with Crippen LogP contribution in [-0.2, 0) is 0 Å². The SMILES string of the molecule is CCCCNC1SC2=Nc3ccccc3C2=C1c1ccccc1. The smallest absolute Gasteiger partial charge is 0.107 e. The predicted octanol–water partition coefficient (Wildman–Crippen LogP) is 5.10. The Bertz CT molecular complexity index is 777. The minimum atomic E-state index is 0.297. The van der Waals surface area contributed by atoms with Crippen LogP contribution in [0.3, 0.4) is 0 Å². The summed E-state index contributed by atoms with van der Waals surface area (Å²) in [6, 6.07) is 19.2. The third-order valence-corrected chi connectivity index (χ3v) is 5.47. The van der Waals surface area contributed by atoms with Crippen LogP contribution < -0.4 is 5.32 Å². The Kier molecular flexibility index (Phi) is 4.06. The lowest BCUT2D eigenvalue weighted by Gasteiger charge is -2.17. The lowest BCUT2D eigenvalue weighted by molar-refractivity contribution is 0.669. The molecule has 2 nitrogen and oxygen atoms in total. The van der Waals surface area contributed by atoms with Crippen LogP contribution in [0.5, 0.6) is 0 Å². The number of rotatable bonds is 5. The number of unbranched alkanes of at least 4 members (excludes halogenated alkanes) is 1. The molecular weight excluding hydrogens is 300 g/mol. The molecule has 2 aliphatic rings. The van der Waals surface area contributed by atoms with Crippen molar-refractivity contribution in [3.05, 3.63) is 65.7 Å². The van der Waals surface area contributed by atoms with Gasteiger partial charge in [0.2, 0.25) is 0 Å². The highest BCUT2D eigenvalue weighted by Crippen LogP contribution is 2.50. The van der Waals surface area contributed by atoms with Crippen LogP contribution in [0.15, 0.2) is 59.6 Å². The van der Waals surface area contributed by atoms with Gasteiger partial charge in [0, 0.05) is 11.1 Å². The second-order valence-corrected chi connectivity index (χ2v) is 6.99. The fourth-order valence-electron chi connectivity index (χ4n) is 3.18. The van der Waals surface area contributed by atoms with Crippen molar-refractivity contribution in [1.82, 2.24) is 5.32 Å². The highest BCUT2D eigenvalue weighted by atomic mass is 32.2. The molecule has 2 aliphatic heterocycles. The van der Waals surface area contributed by atoms with Gasteiger partial charge in [-0.05, 0) is 30.2 Å². The zero-order valence-electron chi connectivity index (χ0n) is 13.3. The van der Waals surface area contributed by atoms with Gasteiger partial charge in [0.15, 0.2) is 0 Å². The van der Waals surface area contributed by atoms with Crippen molar-refractivity contribution in [2.75, 3.05) is 6.54 Å². The van der Waals surface area contributed by atoms with E-state index in [0.29, 0.717) is 5.37 Å². The van der Waals surface area contributed by atoms with Crippen LogP contribution in [0.1, 0.15) is 30.9 Å². The number of benzene rings is 2. The normalized spacial score (nSPS) is 18.8. The van der Waals surface area contributed by atoms with Gasteiger partial charge < -0.3 is 5.32 Å². The average molecular weight is 320 g/mol. The molecule has 0 saturated heterocycles. The summed E-state index contributed by atoms with van der Waals surface area (Å²) in [5.74, 6) is 0. The molecule has 0 saturated carbocycles. The molecule has 1 N–H and O–H groups in total. The van der Waals surface area contributed by atoms with E-state index in [0.717, 1.165) is 12.2 Å². The summed E-state index contributed by atoms with van der Waals surface area (Å²) >= 11 is 1.86. The van der Waals surface area contributed by atoms with E-state index < -0.39 is 0 Å². The van der Waals surface area contributed by atoms with E-state index in [9.17, 15) is 0 Å². The Hall–Kier alpha value is -1.84. The number of fused-ring (bicyclic) bond motifs is 3. The van der Waals surface area contributed by atoms with Crippen LogP contribution in [-0.4, -0.2) is 17.0 Å². The number of nitrogens with one attached hydrogen (secondary N) is 1. The minimum absolute atomic E-state index is 0.297. The van der Waals surface area contributed by atoms with Crippen molar-refractivity contribution < 1.29 is 0 Å². The molecule has 0 fully saturated rings. The van der Waals surface area contributed by atoms with E-state index in [2.05, 4.69) is 66.8 Å². The number of nitrogens with zero attached hydrogens (tertiary/aromatic N) is 1. The largest absolute Gasteiger partial charge is 0.301 e. The quantitative estimate of drug-likeness (QED) is 0.775. The molecule has 23 heavy (non-hydrogen) atoms. The van der Waals surface area contributed by atoms with Crippen molar-refractivity contribution in [3.8, 4) is 0 Å². The standard InChI is InChI=1S/C20H20N2S/c1-2-3-13-21-19-17(14-9-5-4-6-10-14)18-15-11-7-8-12-16(15)22-20(18)23-19/h4-12,19,21H,2-3,13H2,1H3. The van der Waals surface area contributed by atoms with Gasteiger partial charge >= 0.3 is 0 Å². The molecule has 1 atom stereocenters. The van der Waals surface area contributed by atoms with E-state index in [1.165, 1.54) is 40.2 Å². The molecule has 0 radical (unpaired) electrons. The maximum absolute atomic E-state index is 4.85. The van der Waals surface area contributed by atoms with E-state index in [1.54, 1.807) is 0 Å². The number of aliphatic imine (C=N–C) groups is 1. The summed E-state index contributed by atoms with van der Waals surface area (Å²) in [5, 5.41) is 5.18. The van der Waals surface area contributed by atoms with E-state index in [-0.39, 0.29) is 0 Å². The third kappa shape index (κ3) is 2.64. The summed E-state index contributed by atoms with van der Waals surface area (Å²) in [6.45, 7) is 3.28. The molecular formula is C20H20N2S. The van der Waals surface area contributed by atoms with Crippen LogP contribution in [0.4, 0.5) is 5.69 Å². The summed E-state index contributed by atoms with van der Waals surface area (Å²) in [6.07, 6.45) is 2.42. The highest BCUT2D eigenvalue weighted by molar-refractivity contribution is 8.16. The van der Waals surface area contributed by atoms with E-state index in [1.807, 2.05) is 11.8 Å². The van der Waals surface area contributed by atoms with Crippen molar-refractivity contribution in [2.45, 2.75) is 25.1 Å². The Morgan fingerprint density at radius 1 is 1.04 bits per heavy atom. The number of hydrogen-bond acceptors (Lipinski definition) is 3. The molecule has 1 unspecified atom stereocenters. The number of thioether (sulfide) groups is 1. The third-order valence-electron chi connectivity index (χ3n) is 4.32. The summed E-state index contributed by atoms with van der Waals surface area (Å²) in [7, 11) is 0. The van der Waals surface area contributed by atoms with Gasteiger partial charge in [-0.1, -0.05) is 73.6 Å².